The highest BCUT2D eigenvalue weighted by Gasteiger charge is 2.38. The second-order valence-corrected chi connectivity index (χ2v) is 6.23. The molecule has 0 spiro atoms. The molecule has 0 aromatic carbocycles. The van der Waals surface area contributed by atoms with E-state index in [2.05, 4.69) is 19.6 Å². The van der Waals surface area contributed by atoms with E-state index in [1.54, 1.807) is 0 Å². The van der Waals surface area contributed by atoms with Gasteiger partial charge in [-0.3, -0.25) is 0 Å². The molecule has 1 nitrogen and oxygen atoms in total. The van der Waals surface area contributed by atoms with Crippen LogP contribution in [0.2, 0.25) is 0 Å². The first-order valence-corrected chi connectivity index (χ1v) is 6.95. The van der Waals surface area contributed by atoms with Crippen molar-refractivity contribution < 1.29 is 5.11 Å². The van der Waals surface area contributed by atoms with Gasteiger partial charge >= 0.3 is 0 Å². The largest absolute Gasteiger partial charge is 0.393 e. The third-order valence-corrected chi connectivity index (χ3v) is 5.19. The van der Waals surface area contributed by atoms with Gasteiger partial charge in [0, 0.05) is 0 Å². The van der Waals surface area contributed by atoms with Crippen molar-refractivity contribution in [2.75, 3.05) is 0 Å². The number of rotatable bonds is 2. The van der Waals surface area contributed by atoms with E-state index in [-0.39, 0.29) is 6.10 Å². The molecule has 2 rings (SSSR count). The number of aliphatic hydroxyl groups is 1. The summed E-state index contributed by atoms with van der Waals surface area (Å²) in [5, 5.41) is 9.61. The lowest BCUT2D eigenvalue weighted by Crippen LogP contribution is -2.35. The minimum absolute atomic E-state index is 0.0161. The maximum atomic E-state index is 9.61. The van der Waals surface area contributed by atoms with Crippen LogP contribution in [0.1, 0.15) is 58.3 Å². The van der Waals surface area contributed by atoms with Crippen LogP contribution in [0.5, 0.6) is 0 Å². The zero-order valence-corrected chi connectivity index (χ0v) is 10.6. The van der Waals surface area contributed by atoms with Gasteiger partial charge in [0.1, 0.15) is 0 Å². The van der Waals surface area contributed by atoms with Crippen molar-refractivity contribution in [1.82, 2.24) is 0 Å². The van der Waals surface area contributed by atoms with Crippen LogP contribution in [0.4, 0.5) is 0 Å². The molecule has 0 saturated heterocycles. The highest BCUT2D eigenvalue weighted by Crippen LogP contribution is 2.48. The molecule has 16 heavy (non-hydrogen) atoms. The molecule has 92 valence electrons. The van der Waals surface area contributed by atoms with E-state index in [0.29, 0.717) is 5.41 Å². The van der Waals surface area contributed by atoms with E-state index in [1.807, 2.05) is 0 Å². The van der Waals surface area contributed by atoms with Crippen molar-refractivity contribution in [2.45, 2.75) is 64.4 Å². The Morgan fingerprint density at radius 1 is 1.06 bits per heavy atom. The summed E-state index contributed by atoms with van der Waals surface area (Å²) in [7, 11) is 0. The van der Waals surface area contributed by atoms with Crippen LogP contribution in [0.3, 0.4) is 0 Å². The summed E-state index contributed by atoms with van der Waals surface area (Å²) in [6, 6.07) is 0. The number of aliphatic hydroxyl groups excluding tert-OH is 1. The average molecular weight is 222 g/mol. The highest BCUT2D eigenvalue weighted by molar-refractivity contribution is 4.92. The summed E-state index contributed by atoms with van der Waals surface area (Å²) < 4.78 is 0. The first kappa shape index (κ1) is 12.2. The summed E-state index contributed by atoms with van der Waals surface area (Å²) in [5.74, 6) is 1.67. The van der Waals surface area contributed by atoms with Crippen molar-refractivity contribution in [2.24, 2.45) is 17.3 Å². The minimum atomic E-state index is -0.0161. The third kappa shape index (κ3) is 2.51. The highest BCUT2D eigenvalue weighted by atomic mass is 16.3. The zero-order valence-electron chi connectivity index (χ0n) is 10.6. The van der Waals surface area contributed by atoms with Crippen molar-refractivity contribution >= 4 is 0 Å². The van der Waals surface area contributed by atoms with Gasteiger partial charge in [-0.1, -0.05) is 13.0 Å². The van der Waals surface area contributed by atoms with E-state index in [4.69, 9.17) is 0 Å². The predicted octanol–water partition coefficient (Wildman–Crippen LogP) is 3.92. The molecule has 0 aliphatic heterocycles. The molecule has 0 aromatic heterocycles. The van der Waals surface area contributed by atoms with Crippen LogP contribution in [0.25, 0.3) is 0 Å². The molecule has 0 aromatic rings. The third-order valence-electron chi connectivity index (χ3n) is 5.19. The van der Waals surface area contributed by atoms with Crippen molar-refractivity contribution in [1.29, 1.82) is 0 Å². The molecule has 2 aliphatic rings. The molecule has 0 amide bonds. The summed E-state index contributed by atoms with van der Waals surface area (Å²) >= 11 is 0. The molecule has 0 unspecified atom stereocenters. The minimum Gasteiger partial charge on any atom is -0.393 e. The SMILES string of the molecule is C=CC1CCC([C@]2(C)CC[C@@H](O)CC2)CC1. The number of allylic oxidation sites excluding steroid dienone is 1. The fourth-order valence-electron chi connectivity index (χ4n) is 3.72. The van der Waals surface area contributed by atoms with Crippen LogP contribution in [0, 0.1) is 17.3 Å². The van der Waals surface area contributed by atoms with Crippen LogP contribution < -0.4 is 0 Å². The van der Waals surface area contributed by atoms with Crippen LogP contribution in [0.15, 0.2) is 12.7 Å². The second kappa shape index (κ2) is 4.91. The Labute approximate surface area is 99.9 Å². The van der Waals surface area contributed by atoms with Gasteiger partial charge in [0.15, 0.2) is 0 Å². The standard InChI is InChI=1S/C15H26O/c1-3-12-4-6-13(7-5-12)15(2)10-8-14(16)9-11-15/h3,12-14,16H,1,4-11H2,2H3/t12?,13?,14-,15-. The van der Waals surface area contributed by atoms with Crippen molar-refractivity contribution in [3.8, 4) is 0 Å². The molecule has 2 saturated carbocycles. The van der Waals surface area contributed by atoms with Crippen molar-refractivity contribution in [3.05, 3.63) is 12.7 Å². The first-order chi connectivity index (χ1) is 7.64. The lowest BCUT2D eigenvalue weighted by atomic mass is 9.61. The Balaban J connectivity index is 1.90. The Kier molecular flexibility index (Phi) is 3.73. The van der Waals surface area contributed by atoms with Gasteiger partial charge in [-0.05, 0) is 68.6 Å². The Morgan fingerprint density at radius 3 is 2.12 bits per heavy atom. The lowest BCUT2D eigenvalue weighted by Gasteiger charge is -2.45. The molecule has 1 N–H and O–H groups in total. The normalized spacial score (nSPS) is 45.2. The van der Waals surface area contributed by atoms with E-state index in [1.165, 1.54) is 38.5 Å². The summed E-state index contributed by atoms with van der Waals surface area (Å²) in [6.07, 6.45) is 12.1. The zero-order chi connectivity index (χ0) is 11.6. The van der Waals surface area contributed by atoms with Crippen molar-refractivity contribution in [3.63, 3.8) is 0 Å². The molecule has 0 heterocycles. The molecule has 0 atom stereocenters. The molecule has 0 radical (unpaired) electrons. The summed E-state index contributed by atoms with van der Waals surface area (Å²) in [5.41, 5.74) is 0.519. The first-order valence-electron chi connectivity index (χ1n) is 6.95. The molecule has 0 bridgehead atoms. The predicted molar refractivity (Wildman–Crippen MR) is 68.2 cm³/mol. The Hall–Kier alpha value is -0.300. The van der Waals surface area contributed by atoms with E-state index >= 15 is 0 Å². The molecular weight excluding hydrogens is 196 g/mol. The number of hydrogen-bond donors (Lipinski definition) is 1. The molecular formula is C15H26O. The van der Waals surface area contributed by atoms with Gasteiger partial charge in [0.05, 0.1) is 6.10 Å². The molecule has 1 heteroatoms. The Bertz CT molecular complexity index is 230. The topological polar surface area (TPSA) is 20.2 Å². The lowest BCUT2D eigenvalue weighted by molar-refractivity contribution is 0.0204. The van der Waals surface area contributed by atoms with E-state index in [0.717, 1.165) is 24.7 Å². The van der Waals surface area contributed by atoms with Crippen LogP contribution in [-0.2, 0) is 0 Å². The monoisotopic (exact) mass is 222 g/mol. The number of hydrogen-bond acceptors (Lipinski definition) is 1. The van der Waals surface area contributed by atoms with Gasteiger partial charge in [0.2, 0.25) is 0 Å². The van der Waals surface area contributed by atoms with Crippen LogP contribution >= 0.6 is 0 Å². The maximum absolute atomic E-state index is 9.61. The smallest absolute Gasteiger partial charge is 0.0540 e. The fraction of sp³-hybridized carbons (Fsp3) is 0.867. The molecule has 2 aliphatic carbocycles. The average Bonchev–Trinajstić information content (AvgIpc) is 2.33. The van der Waals surface area contributed by atoms with Gasteiger partial charge in [-0.15, -0.1) is 6.58 Å². The summed E-state index contributed by atoms with van der Waals surface area (Å²) in [4.78, 5) is 0. The molecule has 2 fully saturated rings. The van der Waals surface area contributed by atoms with E-state index in [9.17, 15) is 5.11 Å². The van der Waals surface area contributed by atoms with Gasteiger partial charge < -0.3 is 5.11 Å². The quantitative estimate of drug-likeness (QED) is 0.702. The van der Waals surface area contributed by atoms with Crippen LogP contribution in [-0.4, -0.2) is 11.2 Å². The second-order valence-electron chi connectivity index (χ2n) is 6.23. The summed E-state index contributed by atoms with van der Waals surface area (Å²) in [6.45, 7) is 6.37. The van der Waals surface area contributed by atoms with Gasteiger partial charge in [-0.25, -0.2) is 0 Å². The van der Waals surface area contributed by atoms with Gasteiger partial charge in [0.25, 0.3) is 0 Å². The van der Waals surface area contributed by atoms with E-state index < -0.39 is 0 Å². The Morgan fingerprint density at radius 2 is 1.62 bits per heavy atom. The van der Waals surface area contributed by atoms with Gasteiger partial charge in [-0.2, -0.15) is 0 Å². The fourth-order valence-corrected chi connectivity index (χ4v) is 3.72. The maximum Gasteiger partial charge on any atom is 0.0540 e.